The first kappa shape index (κ1) is 15.8. The molecule has 0 aromatic heterocycles. The van der Waals surface area contributed by atoms with E-state index in [9.17, 15) is 13.2 Å². The van der Waals surface area contributed by atoms with Crippen LogP contribution < -0.4 is 5.73 Å². The number of benzene rings is 2. The molecular weight excluding hydrogens is 422 g/mol. The summed E-state index contributed by atoms with van der Waals surface area (Å²) in [7, 11) is 0. The molecule has 0 aliphatic carbocycles. The van der Waals surface area contributed by atoms with Crippen molar-refractivity contribution in [1.82, 2.24) is 0 Å². The Kier molecular flexibility index (Phi) is 4.79. The maximum atomic E-state index is 14.1. The minimum atomic E-state index is -1.07. The molecule has 0 aliphatic heterocycles. The first-order valence-electron chi connectivity index (χ1n) is 5.37. The highest BCUT2D eigenvalue weighted by molar-refractivity contribution is 9.10. The van der Waals surface area contributed by atoms with Gasteiger partial charge in [-0.1, -0.05) is 23.7 Å². The van der Waals surface area contributed by atoms with E-state index in [1.165, 1.54) is 18.2 Å². The topological polar surface area (TPSA) is 26.0 Å². The SMILES string of the molecule is NC(c1ccc(Br)c(Cl)c1F)c1ccc(F)c(F)c1Br. The molecule has 1 unspecified atom stereocenters. The fraction of sp³-hybridized carbons (Fsp3) is 0.0769. The zero-order chi connectivity index (χ0) is 15.0. The molecule has 2 N–H and O–H groups in total. The van der Waals surface area contributed by atoms with Crippen LogP contribution in [0.25, 0.3) is 0 Å². The lowest BCUT2D eigenvalue weighted by Gasteiger charge is -2.16. The number of nitrogens with two attached hydrogens (primary N) is 1. The van der Waals surface area contributed by atoms with Gasteiger partial charge in [-0.25, -0.2) is 13.2 Å². The second-order valence-electron chi connectivity index (χ2n) is 4.01. The number of hydrogen-bond acceptors (Lipinski definition) is 1. The number of rotatable bonds is 2. The molecule has 20 heavy (non-hydrogen) atoms. The second kappa shape index (κ2) is 6.05. The van der Waals surface area contributed by atoms with Crippen molar-refractivity contribution in [3.8, 4) is 0 Å². The van der Waals surface area contributed by atoms with E-state index >= 15 is 0 Å². The molecule has 0 saturated heterocycles. The highest BCUT2D eigenvalue weighted by Gasteiger charge is 2.22. The lowest BCUT2D eigenvalue weighted by atomic mass is 9.99. The van der Waals surface area contributed by atoms with Gasteiger partial charge in [-0.2, -0.15) is 0 Å². The first-order valence-corrected chi connectivity index (χ1v) is 7.33. The summed E-state index contributed by atoms with van der Waals surface area (Å²) in [5.41, 5.74) is 6.23. The summed E-state index contributed by atoms with van der Waals surface area (Å²) in [6, 6.07) is 4.22. The predicted octanol–water partition coefficient (Wildman–Crippen LogP) is 5.33. The van der Waals surface area contributed by atoms with Crippen LogP contribution in [0.5, 0.6) is 0 Å². The zero-order valence-corrected chi connectivity index (χ0v) is 13.7. The lowest BCUT2D eigenvalue weighted by Crippen LogP contribution is -2.15. The van der Waals surface area contributed by atoms with Crippen LogP contribution in [0, 0.1) is 17.5 Å². The quantitative estimate of drug-likeness (QED) is 0.642. The molecule has 0 radical (unpaired) electrons. The van der Waals surface area contributed by atoms with Gasteiger partial charge >= 0.3 is 0 Å². The fourth-order valence-corrected chi connectivity index (χ4v) is 2.78. The standard InChI is InChI=1S/C13H7Br2ClF3N/c14-7-3-1-6(11(18)10(7)16)13(20)5-2-4-8(17)12(19)9(5)15/h1-4,13H,20H2. The van der Waals surface area contributed by atoms with E-state index in [1.807, 2.05) is 0 Å². The number of hydrogen-bond donors (Lipinski definition) is 1. The van der Waals surface area contributed by atoms with Gasteiger partial charge in [-0.15, -0.1) is 0 Å². The van der Waals surface area contributed by atoms with Gasteiger partial charge < -0.3 is 5.73 Å². The van der Waals surface area contributed by atoms with E-state index < -0.39 is 23.5 Å². The third-order valence-corrected chi connectivity index (χ3v) is 4.86. The molecule has 2 aromatic carbocycles. The Morgan fingerprint density at radius 2 is 1.55 bits per heavy atom. The van der Waals surface area contributed by atoms with E-state index in [2.05, 4.69) is 31.9 Å². The summed E-state index contributed by atoms with van der Waals surface area (Å²) < 4.78 is 40.9. The molecule has 2 aromatic rings. The van der Waals surface area contributed by atoms with Crippen LogP contribution in [-0.4, -0.2) is 0 Å². The Morgan fingerprint density at radius 3 is 2.20 bits per heavy atom. The summed E-state index contributed by atoms with van der Waals surface area (Å²) in [6.45, 7) is 0. The molecule has 1 nitrogen and oxygen atoms in total. The Balaban J connectivity index is 2.55. The molecule has 0 heterocycles. The van der Waals surface area contributed by atoms with Gasteiger partial charge in [0.2, 0.25) is 0 Å². The molecule has 0 fully saturated rings. The van der Waals surface area contributed by atoms with Crippen LogP contribution in [0.4, 0.5) is 13.2 Å². The summed E-state index contributed by atoms with van der Waals surface area (Å²) in [6.07, 6.45) is 0. The van der Waals surface area contributed by atoms with Gasteiger partial charge in [0.15, 0.2) is 11.6 Å². The summed E-state index contributed by atoms with van der Waals surface area (Å²) in [5.74, 6) is -2.78. The Labute approximate surface area is 135 Å². The smallest absolute Gasteiger partial charge is 0.173 e. The average Bonchev–Trinajstić information content (AvgIpc) is 2.42. The second-order valence-corrected chi connectivity index (χ2v) is 6.03. The van der Waals surface area contributed by atoms with Gasteiger partial charge in [0.25, 0.3) is 0 Å². The molecule has 2 rings (SSSR count). The molecule has 0 aliphatic rings. The molecule has 0 saturated carbocycles. The fourth-order valence-electron chi connectivity index (χ4n) is 1.73. The van der Waals surface area contributed by atoms with Crippen molar-refractivity contribution in [3.05, 3.63) is 66.8 Å². The largest absolute Gasteiger partial charge is 0.320 e. The van der Waals surface area contributed by atoms with Crippen molar-refractivity contribution in [2.75, 3.05) is 0 Å². The van der Waals surface area contributed by atoms with Crippen LogP contribution in [0.3, 0.4) is 0 Å². The summed E-state index contributed by atoms with van der Waals surface area (Å²) >= 11 is 11.8. The van der Waals surface area contributed by atoms with Gasteiger partial charge in [-0.05, 0) is 49.6 Å². The molecule has 0 amide bonds. The Morgan fingerprint density at radius 1 is 0.950 bits per heavy atom. The maximum absolute atomic E-state index is 14.1. The normalized spacial score (nSPS) is 12.6. The first-order chi connectivity index (χ1) is 9.34. The minimum absolute atomic E-state index is 0.0879. The van der Waals surface area contributed by atoms with E-state index in [0.717, 1.165) is 6.07 Å². The number of halogens is 6. The minimum Gasteiger partial charge on any atom is -0.320 e. The van der Waals surface area contributed by atoms with Crippen molar-refractivity contribution in [3.63, 3.8) is 0 Å². The van der Waals surface area contributed by atoms with Gasteiger partial charge in [0.05, 0.1) is 15.5 Å². The predicted molar refractivity (Wildman–Crippen MR) is 79.2 cm³/mol. The molecule has 106 valence electrons. The van der Waals surface area contributed by atoms with Crippen LogP contribution in [-0.2, 0) is 0 Å². The van der Waals surface area contributed by atoms with Crippen molar-refractivity contribution < 1.29 is 13.2 Å². The van der Waals surface area contributed by atoms with Crippen molar-refractivity contribution in [2.24, 2.45) is 5.73 Å². The van der Waals surface area contributed by atoms with E-state index in [0.29, 0.717) is 4.47 Å². The molecule has 1 atom stereocenters. The van der Waals surface area contributed by atoms with E-state index in [1.54, 1.807) is 0 Å². The Bertz CT molecular complexity index is 622. The monoisotopic (exact) mass is 427 g/mol. The average molecular weight is 429 g/mol. The maximum Gasteiger partial charge on any atom is 0.173 e. The van der Waals surface area contributed by atoms with Crippen LogP contribution >= 0.6 is 43.5 Å². The third-order valence-electron chi connectivity index (χ3n) is 2.80. The van der Waals surface area contributed by atoms with Gasteiger partial charge in [0, 0.05) is 10.0 Å². The van der Waals surface area contributed by atoms with Crippen molar-refractivity contribution >= 4 is 43.5 Å². The molecular formula is C13H7Br2ClF3N. The summed E-state index contributed by atoms with van der Waals surface area (Å²) in [5, 5.41) is -0.114. The van der Waals surface area contributed by atoms with Crippen LogP contribution in [0.1, 0.15) is 17.2 Å². The molecule has 0 bridgehead atoms. The highest BCUT2D eigenvalue weighted by Crippen LogP contribution is 2.35. The van der Waals surface area contributed by atoms with E-state index in [4.69, 9.17) is 17.3 Å². The molecule has 0 spiro atoms. The zero-order valence-electron chi connectivity index (χ0n) is 9.73. The van der Waals surface area contributed by atoms with Crippen LogP contribution in [0.2, 0.25) is 5.02 Å². The third kappa shape index (κ3) is 2.74. The van der Waals surface area contributed by atoms with Gasteiger partial charge in [0.1, 0.15) is 5.82 Å². The summed E-state index contributed by atoms with van der Waals surface area (Å²) in [4.78, 5) is 0. The Hall–Kier alpha value is -0.560. The highest BCUT2D eigenvalue weighted by atomic mass is 79.9. The van der Waals surface area contributed by atoms with Crippen molar-refractivity contribution in [2.45, 2.75) is 6.04 Å². The van der Waals surface area contributed by atoms with Crippen LogP contribution in [0.15, 0.2) is 33.2 Å². The van der Waals surface area contributed by atoms with E-state index in [-0.39, 0.29) is 20.6 Å². The van der Waals surface area contributed by atoms with Gasteiger partial charge in [-0.3, -0.25) is 0 Å². The lowest BCUT2D eigenvalue weighted by molar-refractivity contribution is 0.501. The van der Waals surface area contributed by atoms with Crippen molar-refractivity contribution in [1.29, 1.82) is 0 Å². The molecule has 7 heteroatoms.